The first kappa shape index (κ1) is 16.7. The number of aryl methyl sites for hydroxylation is 1. The maximum Gasteiger partial charge on any atom is 0.339 e. The van der Waals surface area contributed by atoms with Crippen LogP contribution in [0.2, 0.25) is 0 Å². The van der Waals surface area contributed by atoms with E-state index in [0.717, 1.165) is 5.56 Å². The summed E-state index contributed by atoms with van der Waals surface area (Å²) in [6.45, 7) is 3.73. The average molecular weight is 339 g/mol. The Morgan fingerprint density at radius 1 is 1.00 bits per heavy atom. The summed E-state index contributed by atoms with van der Waals surface area (Å²) in [5.41, 5.74) is 2.36. The molecular formula is C19H17NO5. The number of nitrogens with zero attached hydrogens (tertiary/aromatic N) is 1. The summed E-state index contributed by atoms with van der Waals surface area (Å²) in [7, 11) is 0. The van der Waals surface area contributed by atoms with E-state index in [0.29, 0.717) is 40.2 Å². The molecule has 0 saturated carbocycles. The van der Waals surface area contributed by atoms with Gasteiger partial charge in [0.25, 0.3) is 0 Å². The SMILES string of the molecule is CCc1c(C(=O)O)c(O)c2cc3ccc(C(=O)O)cc3nc2c1CC. The van der Waals surface area contributed by atoms with Gasteiger partial charge in [0.05, 0.1) is 16.6 Å². The summed E-state index contributed by atoms with van der Waals surface area (Å²) in [6, 6.07) is 6.19. The molecule has 0 saturated heterocycles. The van der Waals surface area contributed by atoms with Crippen molar-refractivity contribution in [3.63, 3.8) is 0 Å². The lowest BCUT2D eigenvalue weighted by atomic mass is 9.92. The van der Waals surface area contributed by atoms with Crippen molar-refractivity contribution in [1.82, 2.24) is 4.98 Å². The number of carboxylic acids is 2. The minimum atomic E-state index is -1.17. The molecule has 0 fully saturated rings. The third-order valence-electron chi connectivity index (χ3n) is 4.43. The molecule has 0 amide bonds. The molecule has 0 aliphatic heterocycles. The first-order valence-corrected chi connectivity index (χ1v) is 7.96. The van der Waals surface area contributed by atoms with Crippen molar-refractivity contribution in [2.75, 3.05) is 0 Å². The molecule has 1 heterocycles. The number of pyridine rings is 1. The topological polar surface area (TPSA) is 108 Å². The predicted octanol–water partition coefficient (Wildman–Crippen LogP) is 3.61. The lowest BCUT2D eigenvalue weighted by Crippen LogP contribution is -2.08. The molecule has 0 radical (unpaired) electrons. The molecule has 0 bridgehead atoms. The van der Waals surface area contributed by atoms with Crippen molar-refractivity contribution in [3.8, 4) is 5.75 Å². The van der Waals surface area contributed by atoms with Gasteiger partial charge in [0.1, 0.15) is 11.3 Å². The zero-order valence-corrected chi connectivity index (χ0v) is 13.8. The Labute approximate surface area is 143 Å². The van der Waals surface area contributed by atoms with Gasteiger partial charge in [-0.05, 0) is 42.2 Å². The molecule has 0 unspecified atom stereocenters. The van der Waals surface area contributed by atoms with Gasteiger partial charge in [0, 0.05) is 10.8 Å². The van der Waals surface area contributed by atoms with Crippen molar-refractivity contribution in [3.05, 3.63) is 46.5 Å². The predicted molar refractivity (Wildman–Crippen MR) is 93.6 cm³/mol. The van der Waals surface area contributed by atoms with Crippen LogP contribution in [0.4, 0.5) is 0 Å². The van der Waals surface area contributed by atoms with E-state index in [1.165, 1.54) is 12.1 Å². The van der Waals surface area contributed by atoms with Gasteiger partial charge in [-0.15, -0.1) is 0 Å². The second kappa shape index (κ2) is 6.05. The number of aromatic nitrogens is 1. The average Bonchev–Trinajstić information content (AvgIpc) is 2.59. The van der Waals surface area contributed by atoms with Crippen LogP contribution in [-0.2, 0) is 12.8 Å². The van der Waals surface area contributed by atoms with E-state index in [1.807, 2.05) is 13.8 Å². The number of benzene rings is 2. The van der Waals surface area contributed by atoms with Gasteiger partial charge < -0.3 is 15.3 Å². The molecule has 0 spiro atoms. The number of hydrogen-bond donors (Lipinski definition) is 3. The van der Waals surface area contributed by atoms with Crippen LogP contribution in [0.1, 0.15) is 45.7 Å². The summed E-state index contributed by atoms with van der Waals surface area (Å²) in [5.74, 6) is -2.52. The fourth-order valence-electron chi connectivity index (χ4n) is 3.28. The number of hydrogen-bond acceptors (Lipinski definition) is 4. The molecule has 6 heteroatoms. The van der Waals surface area contributed by atoms with Crippen molar-refractivity contribution >= 4 is 33.7 Å². The van der Waals surface area contributed by atoms with Crippen molar-refractivity contribution in [2.45, 2.75) is 26.7 Å². The zero-order valence-electron chi connectivity index (χ0n) is 13.8. The Hall–Kier alpha value is -3.15. The Bertz CT molecular complexity index is 1040. The van der Waals surface area contributed by atoms with Crippen LogP contribution in [0.5, 0.6) is 5.75 Å². The molecule has 0 aliphatic rings. The Morgan fingerprint density at radius 3 is 2.24 bits per heavy atom. The molecule has 6 nitrogen and oxygen atoms in total. The highest BCUT2D eigenvalue weighted by molar-refractivity contribution is 6.06. The monoisotopic (exact) mass is 339 g/mol. The Balaban J connectivity index is 2.49. The summed E-state index contributed by atoms with van der Waals surface area (Å²) in [5, 5.41) is 30.2. The minimum absolute atomic E-state index is 0.0878. The van der Waals surface area contributed by atoms with Crippen LogP contribution in [0, 0.1) is 0 Å². The van der Waals surface area contributed by atoms with E-state index >= 15 is 0 Å². The van der Waals surface area contributed by atoms with Gasteiger partial charge >= 0.3 is 11.9 Å². The lowest BCUT2D eigenvalue weighted by Gasteiger charge is -2.16. The van der Waals surface area contributed by atoms with Crippen molar-refractivity contribution < 1.29 is 24.9 Å². The van der Waals surface area contributed by atoms with Crippen molar-refractivity contribution in [2.24, 2.45) is 0 Å². The summed E-state index contributed by atoms with van der Waals surface area (Å²) < 4.78 is 0. The first-order valence-electron chi connectivity index (χ1n) is 7.96. The summed E-state index contributed by atoms with van der Waals surface area (Å²) in [4.78, 5) is 27.4. The minimum Gasteiger partial charge on any atom is -0.506 e. The fourth-order valence-corrected chi connectivity index (χ4v) is 3.28. The number of rotatable bonds is 4. The third kappa shape index (κ3) is 2.55. The van der Waals surface area contributed by atoms with Gasteiger partial charge in [-0.25, -0.2) is 14.6 Å². The van der Waals surface area contributed by atoms with Crippen LogP contribution in [-0.4, -0.2) is 32.2 Å². The Kier molecular flexibility index (Phi) is 4.04. The molecule has 0 aliphatic carbocycles. The summed E-state index contributed by atoms with van der Waals surface area (Å²) >= 11 is 0. The van der Waals surface area contributed by atoms with Crippen LogP contribution in [0.3, 0.4) is 0 Å². The van der Waals surface area contributed by atoms with Crippen LogP contribution in [0.15, 0.2) is 24.3 Å². The summed E-state index contributed by atoms with van der Waals surface area (Å²) in [6.07, 6.45) is 1.00. The van der Waals surface area contributed by atoms with E-state index in [2.05, 4.69) is 4.98 Å². The highest BCUT2D eigenvalue weighted by Gasteiger charge is 2.23. The van der Waals surface area contributed by atoms with E-state index in [4.69, 9.17) is 5.11 Å². The van der Waals surface area contributed by atoms with Crippen LogP contribution < -0.4 is 0 Å². The second-order valence-electron chi connectivity index (χ2n) is 5.79. The molecule has 1 aromatic heterocycles. The number of phenols is 1. The quantitative estimate of drug-likeness (QED) is 0.627. The smallest absolute Gasteiger partial charge is 0.339 e. The van der Waals surface area contributed by atoms with Gasteiger partial charge in [0.2, 0.25) is 0 Å². The van der Waals surface area contributed by atoms with E-state index in [1.54, 1.807) is 12.1 Å². The zero-order chi connectivity index (χ0) is 18.3. The number of aromatic hydroxyl groups is 1. The van der Waals surface area contributed by atoms with Gasteiger partial charge in [-0.3, -0.25) is 0 Å². The van der Waals surface area contributed by atoms with Crippen LogP contribution >= 0.6 is 0 Å². The van der Waals surface area contributed by atoms with E-state index < -0.39 is 11.9 Å². The molecular weight excluding hydrogens is 322 g/mol. The molecule has 3 rings (SSSR count). The number of carbonyl (C=O) groups is 2. The number of aromatic carboxylic acids is 2. The number of carboxylic acid groups (broad SMARTS) is 2. The molecule has 2 aromatic carbocycles. The highest BCUT2D eigenvalue weighted by Crippen LogP contribution is 2.37. The normalized spacial score (nSPS) is 11.1. The highest BCUT2D eigenvalue weighted by atomic mass is 16.4. The molecule has 128 valence electrons. The van der Waals surface area contributed by atoms with Gasteiger partial charge in [0.15, 0.2) is 0 Å². The first-order chi connectivity index (χ1) is 11.9. The van der Waals surface area contributed by atoms with Crippen molar-refractivity contribution in [1.29, 1.82) is 0 Å². The molecule has 3 aromatic rings. The van der Waals surface area contributed by atoms with Crippen LogP contribution in [0.25, 0.3) is 21.8 Å². The largest absolute Gasteiger partial charge is 0.506 e. The van der Waals surface area contributed by atoms with Gasteiger partial charge in [-0.1, -0.05) is 19.9 Å². The molecule has 3 N–H and O–H groups in total. The Morgan fingerprint density at radius 2 is 1.68 bits per heavy atom. The van der Waals surface area contributed by atoms with E-state index in [9.17, 15) is 19.8 Å². The third-order valence-corrected chi connectivity index (χ3v) is 4.43. The maximum absolute atomic E-state index is 11.7. The fraction of sp³-hybridized carbons (Fsp3) is 0.211. The number of fused-ring (bicyclic) bond motifs is 2. The lowest BCUT2D eigenvalue weighted by molar-refractivity contribution is 0.0683. The molecule has 25 heavy (non-hydrogen) atoms. The molecule has 0 atom stereocenters. The van der Waals surface area contributed by atoms with Gasteiger partial charge in [-0.2, -0.15) is 0 Å². The standard InChI is InChI=1S/C19H17NO5/c1-3-11-12(4-2)16-13(17(21)15(11)19(24)25)7-9-5-6-10(18(22)23)8-14(9)20-16/h5-8,21H,3-4H2,1-2H3,(H,22,23)(H,24,25). The van der Waals surface area contributed by atoms with E-state index in [-0.39, 0.29) is 16.9 Å². The second-order valence-corrected chi connectivity index (χ2v) is 5.79. The maximum atomic E-state index is 11.7.